The van der Waals surface area contributed by atoms with E-state index in [1.54, 1.807) is 17.0 Å². The maximum absolute atomic E-state index is 12.2. The van der Waals surface area contributed by atoms with E-state index in [1.807, 2.05) is 30.3 Å². The van der Waals surface area contributed by atoms with E-state index < -0.39 is 0 Å². The van der Waals surface area contributed by atoms with Crippen molar-refractivity contribution in [1.82, 2.24) is 10.2 Å². The summed E-state index contributed by atoms with van der Waals surface area (Å²) in [5, 5.41) is 3.51. The van der Waals surface area contributed by atoms with Crippen molar-refractivity contribution < 1.29 is 19.1 Å². The minimum atomic E-state index is -0.116. The van der Waals surface area contributed by atoms with E-state index in [2.05, 4.69) is 5.32 Å². The predicted octanol–water partition coefficient (Wildman–Crippen LogP) is 3.12. The van der Waals surface area contributed by atoms with Crippen molar-refractivity contribution in [3.63, 3.8) is 0 Å². The summed E-state index contributed by atoms with van der Waals surface area (Å²) in [5.74, 6) is 1.21. The highest BCUT2D eigenvalue weighted by molar-refractivity contribution is 6.30. The van der Waals surface area contributed by atoms with Crippen LogP contribution in [-0.2, 0) is 22.7 Å². The topological polar surface area (TPSA) is 67.9 Å². The number of carbonyl (C=O) groups is 2. The lowest BCUT2D eigenvalue weighted by Crippen LogP contribution is -2.33. The highest BCUT2D eigenvalue weighted by Gasteiger charge is 2.14. The van der Waals surface area contributed by atoms with Crippen LogP contribution < -0.4 is 14.8 Å². The molecule has 0 saturated carbocycles. The summed E-state index contributed by atoms with van der Waals surface area (Å²) in [5.41, 5.74) is 1.90. The fourth-order valence-electron chi connectivity index (χ4n) is 2.73. The standard InChI is InChI=1S/C20H21ClN2O4/c1-14(24)23(12-15-2-5-17(21)6-3-15)9-8-20(25)22-11-16-4-7-18-19(10-16)27-13-26-18/h2-7,10H,8-9,11-13H2,1H3,(H,22,25). The second kappa shape index (κ2) is 8.77. The number of amides is 2. The van der Waals surface area contributed by atoms with Gasteiger partial charge in [0, 0.05) is 38.0 Å². The Morgan fingerprint density at radius 1 is 1.07 bits per heavy atom. The maximum Gasteiger partial charge on any atom is 0.231 e. The van der Waals surface area contributed by atoms with Gasteiger partial charge in [0.05, 0.1) is 0 Å². The third kappa shape index (κ3) is 5.37. The van der Waals surface area contributed by atoms with E-state index in [0.717, 1.165) is 11.1 Å². The number of nitrogens with zero attached hydrogens (tertiary/aromatic N) is 1. The van der Waals surface area contributed by atoms with Gasteiger partial charge < -0.3 is 19.7 Å². The SMILES string of the molecule is CC(=O)N(CCC(=O)NCc1ccc2c(c1)OCO2)Cc1ccc(Cl)cc1. The highest BCUT2D eigenvalue weighted by Crippen LogP contribution is 2.32. The molecule has 7 heteroatoms. The molecule has 2 amide bonds. The van der Waals surface area contributed by atoms with Crippen molar-refractivity contribution in [3.8, 4) is 11.5 Å². The van der Waals surface area contributed by atoms with Crippen LogP contribution in [0.1, 0.15) is 24.5 Å². The number of benzene rings is 2. The Hall–Kier alpha value is -2.73. The van der Waals surface area contributed by atoms with Crippen LogP contribution in [0.4, 0.5) is 0 Å². The van der Waals surface area contributed by atoms with E-state index in [4.69, 9.17) is 21.1 Å². The number of fused-ring (bicyclic) bond motifs is 1. The normalized spacial score (nSPS) is 11.9. The van der Waals surface area contributed by atoms with Crippen LogP contribution in [0.25, 0.3) is 0 Å². The Labute approximate surface area is 163 Å². The van der Waals surface area contributed by atoms with Crippen LogP contribution in [-0.4, -0.2) is 30.1 Å². The van der Waals surface area contributed by atoms with Crippen LogP contribution >= 0.6 is 11.6 Å². The van der Waals surface area contributed by atoms with Gasteiger partial charge in [-0.2, -0.15) is 0 Å². The van der Waals surface area contributed by atoms with E-state index in [9.17, 15) is 9.59 Å². The Balaban J connectivity index is 1.47. The average Bonchev–Trinajstić information content (AvgIpc) is 3.12. The summed E-state index contributed by atoms with van der Waals surface area (Å²) >= 11 is 5.88. The van der Waals surface area contributed by atoms with Crippen LogP contribution in [0.2, 0.25) is 5.02 Å². The molecule has 0 aromatic heterocycles. The summed E-state index contributed by atoms with van der Waals surface area (Å²) < 4.78 is 10.6. The quantitative estimate of drug-likeness (QED) is 0.791. The lowest BCUT2D eigenvalue weighted by Gasteiger charge is -2.21. The zero-order valence-electron chi connectivity index (χ0n) is 15.0. The zero-order valence-corrected chi connectivity index (χ0v) is 15.8. The van der Waals surface area contributed by atoms with Crippen molar-refractivity contribution in [1.29, 1.82) is 0 Å². The van der Waals surface area contributed by atoms with E-state index in [0.29, 0.717) is 36.2 Å². The fraction of sp³-hybridized carbons (Fsp3) is 0.300. The zero-order chi connectivity index (χ0) is 19.2. The minimum Gasteiger partial charge on any atom is -0.454 e. The molecule has 142 valence electrons. The smallest absolute Gasteiger partial charge is 0.231 e. The average molecular weight is 389 g/mol. The number of rotatable bonds is 7. The third-order valence-corrected chi connectivity index (χ3v) is 4.52. The van der Waals surface area contributed by atoms with Gasteiger partial charge in [0.2, 0.25) is 18.6 Å². The van der Waals surface area contributed by atoms with Crippen LogP contribution in [0.15, 0.2) is 42.5 Å². The van der Waals surface area contributed by atoms with E-state index in [-0.39, 0.29) is 25.0 Å². The van der Waals surface area contributed by atoms with Crippen molar-refractivity contribution in [3.05, 3.63) is 58.6 Å². The second-order valence-electron chi connectivity index (χ2n) is 6.28. The molecule has 1 aliphatic rings. The Bertz CT molecular complexity index is 823. The number of ether oxygens (including phenoxy) is 2. The number of carbonyl (C=O) groups excluding carboxylic acids is 2. The lowest BCUT2D eigenvalue weighted by atomic mass is 10.2. The fourth-order valence-corrected chi connectivity index (χ4v) is 2.86. The Morgan fingerprint density at radius 2 is 1.78 bits per heavy atom. The van der Waals surface area contributed by atoms with Gasteiger partial charge >= 0.3 is 0 Å². The first-order valence-electron chi connectivity index (χ1n) is 8.66. The number of hydrogen-bond acceptors (Lipinski definition) is 4. The molecule has 3 rings (SSSR count). The molecular formula is C20H21ClN2O4. The van der Waals surface area contributed by atoms with Gasteiger partial charge in [-0.1, -0.05) is 29.8 Å². The van der Waals surface area contributed by atoms with E-state index in [1.165, 1.54) is 6.92 Å². The lowest BCUT2D eigenvalue weighted by molar-refractivity contribution is -0.130. The first-order valence-corrected chi connectivity index (χ1v) is 9.04. The number of halogens is 1. The molecule has 1 heterocycles. The van der Waals surface area contributed by atoms with Crippen molar-refractivity contribution in [2.45, 2.75) is 26.4 Å². The Kier molecular flexibility index (Phi) is 6.19. The molecule has 0 fully saturated rings. The van der Waals surface area contributed by atoms with Crippen LogP contribution in [0, 0.1) is 0 Å². The summed E-state index contributed by atoms with van der Waals surface area (Å²) in [6.07, 6.45) is 0.234. The highest BCUT2D eigenvalue weighted by atomic mass is 35.5. The molecule has 0 radical (unpaired) electrons. The molecule has 6 nitrogen and oxygen atoms in total. The molecule has 2 aromatic rings. The molecule has 0 bridgehead atoms. The van der Waals surface area contributed by atoms with Crippen LogP contribution in [0.5, 0.6) is 11.5 Å². The number of hydrogen-bond donors (Lipinski definition) is 1. The molecule has 27 heavy (non-hydrogen) atoms. The predicted molar refractivity (Wildman–Crippen MR) is 102 cm³/mol. The van der Waals surface area contributed by atoms with Crippen molar-refractivity contribution in [2.75, 3.05) is 13.3 Å². The molecule has 1 N–H and O–H groups in total. The molecule has 0 saturated heterocycles. The van der Waals surface area contributed by atoms with E-state index >= 15 is 0 Å². The molecule has 0 atom stereocenters. The number of nitrogens with one attached hydrogen (secondary N) is 1. The summed E-state index contributed by atoms with van der Waals surface area (Å²) in [6.45, 7) is 2.92. The van der Waals surface area contributed by atoms with Gasteiger partial charge in [0.1, 0.15) is 0 Å². The van der Waals surface area contributed by atoms with Gasteiger partial charge in [0.15, 0.2) is 11.5 Å². The largest absolute Gasteiger partial charge is 0.454 e. The third-order valence-electron chi connectivity index (χ3n) is 4.27. The molecule has 1 aliphatic heterocycles. The summed E-state index contributed by atoms with van der Waals surface area (Å²) in [6, 6.07) is 12.9. The molecule has 2 aromatic carbocycles. The van der Waals surface area contributed by atoms with Gasteiger partial charge in [-0.05, 0) is 35.4 Å². The molecule has 0 aliphatic carbocycles. The Morgan fingerprint density at radius 3 is 2.52 bits per heavy atom. The molecular weight excluding hydrogens is 368 g/mol. The summed E-state index contributed by atoms with van der Waals surface area (Å²) in [4.78, 5) is 25.7. The maximum atomic E-state index is 12.2. The summed E-state index contributed by atoms with van der Waals surface area (Å²) in [7, 11) is 0. The second-order valence-corrected chi connectivity index (χ2v) is 6.72. The first-order chi connectivity index (χ1) is 13.0. The van der Waals surface area contributed by atoms with Gasteiger partial charge in [-0.25, -0.2) is 0 Å². The van der Waals surface area contributed by atoms with Gasteiger partial charge in [-0.15, -0.1) is 0 Å². The van der Waals surface area contributed by atoms with Crippen molar-refractivity contribution >= 4 is 23.4 Å². The minimum absolute atomic E-state index is 0.0754. The van der Waals surface area contributed by atoms with Crippen LogP contribution in [0.3, 0.4) is 0 Å². The first kappa shape index (κ1) is 19.0. The van der Waals surface area contributed by atoms with Crippen molar-refractivity contribution in [2.24, 2.45) is 0 Å². The van der Waals surface area contributed by atoms with Gasteiger partial charge in [-0.3, -0.25) is 9.59 Å². The molecule has 0 unspecified atom stereocenters. The molecule has 0 spiro atoms. The monoisotopic (exact) mass is 388 g/mol. The van der Waals surface area contributed by atoms with Gasteiger partial charge in [0.25, 0.3) is 0 Å².